The normalized spacial score (nSPS) is 11.0. The molecule has 0 fully saturated rings. The van der Waals surface area contributed by atoms with Crippen LogP contribution < -0.4 is 5.32 Å². The molecule has 0 unspecified atom stereocenters. The molecule has 4 nitrogen and oxygen atoms in total. The summed E-state index contributed by atoms with van der Waals surface area (Å²) in [4.78, 5) is 24.4. The molecule has 0 bridgehead atoms. The second-order valence-corrected chi connectivity index (χ2v) is 8.44. The lowest BCUT2D eigenvalue weighted by atomic mass is 10.1. The molecular formula is C23H14FN3OS2. The molecule has 0 atom stereocenters. The zero-order chi connectivity index (χ0) is 20.5. The SMILES string of the molecule is O=C(Nc1ccc(F)cc1)c1ccc2nc(-c3cccs3)c(-c3cccs3)nc2c1. The lowest BCUT2D eigenvalue weighted by molar-refractivity contribution is 0.102. The van der Waals surface area contributed by atoms with Crippen molar-refractivity contribution in [2.24, 2.45) is 0 Å². The summed E-state index contributed by atoms with van der Waals surface area (Å²) >= 11 is 3.22. The summed E-state index contributed by atoms with van der Waals surface area (Å²) in [5.74, 6) is -0.637. The third kappa shape index (κ3) is 3.60. The van der Waals surface area contributed by atoms with Crippen molar-refractivity contribution in [3.8, 4) is 21.1 Å². The predicted octanol–water partition coefficient (Wildman–Crippen LogP) is 6.48. The minimum atomic E-state index is -0.350. The summed E-state index contributed by atoms with van der Waals surface area (Å²) in [7, 11) is 0. The highest BCUT2D eigenvalue weighted by Gasteiger charge is 2.16. The molecule has 146 valence electrons. The standard InChI is InChI=1S/C23H14FN3OS2/c24-15-6-8-16(9-7-15)25-23(28)14-5-10-17-18(13-14)27-22(20-4-2-12-30-20)21(26-17)19-3-1-11-29-19/h1-13H,(H,25,28). The number of benzene rings is 2. The van der Waals surface area contributed by atoms with Crippen molar-refractivity contribution in [1.29, 1.82) is 0 Å². The van der Waals surface area contributed by atoms with Crippen LogP contribution in [0.3, 0.4) is 0 Å². The summed E-state index contributed by atoms with van der Waals surface area (Å²) < 4.78 is 13.1. The molecule has 7 heteroatoms. The van der Waals surface area contributed by atoms with Crippen LogP contribution in [0.5, 0.6) is 0 Å². The maximum absolute atomic E-state index is 13.1. The minimum Gasteiger partial charge on any atom is -0.322 e. The number of nitrogens with zero attached hydrogens (tertiary/aromatic N) is 2. The van der Waals surface area contributed by atoms with Crippen LogP contribution in [0.4, 0.5) is 10.1 Å². The van der Waals surface area contributed by atoms with Gasteiger partial charge in [0.05, 0.1) is 20.8 Å². The molecule has 0 aliphatic rings. The first-order chi connectivity index (χ1) is 14.7. The summed E-state index contributed by atoms with van der Waals surface area (Å²) in [6, 6.07) is 18.9. The molecule has 1 amide bonds. The molecular weight excluding hydrogens is 417 g/mol. The summed E-state index contributed by atoms with van der Waals surface area (Å²) in [6.45, 7) is 0. The fourth-order valence-corrected chi connectivity index (χ4v) is 4.53. The van der Waals surface area contributed by atoms with Gasteiger partial charge in [0.15, 0.2) is 0 Å². The Morgan fingerprint density at radius 1 is 0.800 bits per heavy atom. The lowest BCUT2D eigenvalue weighted by Gasteiger charge is -2.09. The Balaban J connectivity index is 1.56. The third-order valence-electron chi connectivity index (χ3n) is 4.54. The Bertz CT molecular complexity index is 1330. The van der Waals surface area contributed by atoms with E-state index in [0.29, 0.717) is 16.8 Å². The number of thiophene rings is 2. The van der Waals surface area contributed by atoms with Gasteiger partial charge in [-0.15, -0.1) is 22.7 Å². The van der Waals surface area contributed by atoms with Crippen LogP contribution in [0, 0.1) is 5.82 Å². The summed E-state index contributed by atoms with van der Waals surface area (Å²) in [5, 5.41) is 6.80. The summed E-state index contributed by atoms with van der Waals surface area (Å²) in [5.41, 5.74) is 3.99. The van der Waals surface area contributed by atoms with Crippen LogP contribution >= 0.6 is 22.7 Å². The number of carbonyl (C=O) groups excluding carboxylic acids is 1. The molecule has 0 aliphatic heterocycles. The van der Waals surface area contributed by atoms with Gasteiger partial charge < -0.3 is 5.32 Å². The number of fused-ring (bicyclic) bond motifs is 1. The Kier molecular flexibility index (Phi) is 4.82. The smallest absolute Gasteiger partial charge is 0.255 e. The van der Waals surface area contributed by atoms with E-state index in [0.717, 1.165) is 26.7 Å². The number of anilines is 1. The molecule has 3 aromatic heterocycles. The van der Waals surface area contributed by atoms with E-state index in [9.17, 15) is 9.18 Å². The molecule has 0 radical (unpaired) electrons. The molecule has 0 aliphatic carbocycles. The highest BCUT2D eigenvalue weighted by atomic mass is 32.1. The number of aromatic nitrogens is 2. The molecule has 0 saturated heterocycles. The maximum atomic E-state index is 13.1. The maximum Gasteiger partial charge on any atom is 0.255 e. The summed E-state index contributed by atoms with van der Waals surface area (Å²) in [6.07, 6.45) is 0. The van der Waals surface area contributed by atoms with Crippen molar-refractivity contribution in [3.05, 3.63) is 88.9 Å². The highest BCUT2D eigenvalue weighted by Crippen LogP contribution is 2.35. The van der Waals surface area contributed by atoms with E-state index in [-0.39, 0.29) is 11.7 Å². The first kappa shape index (κ1) is 18.6. The largest absolute Gasteiger partial charge is 0.322 e. The number of hydrogen-bond donors (Lipinski definition) is 1. The number of rotatable bonds is 4. The predicted molar refractivity (Wildman–Crippen MR) is 121 cm³/mol. The van der Waals surface area contributed by atoms with Crippen molar-refractivity contribution in [2.75, 3.05) is 5.32 Å². The fraction of sp³-hybridized carbons (Fsp3) is 0. The molecule has 5 aromatic rings. The van der Waals surface area contributed by atoms with E-state index in [4.69, 9.17) is 9.97 Å². The van der Waals surface area contributed by atoms with Crippen LogP contribution in [0.25, 0.3) is 32.2 Å². The van der Waals surface area contributed by atoms with Gasteiger partial charge in [0.2, 0.25) is 0 Å². The first-order valence-electron chi connectivity index (χ1n) is 9.14. The van der Waals surface area contributed by atoms with Gasteiger partial charge in [0.25, 0.3) is 5.91 Å². The second-order valence-electron chi connectivity index (χ2n) is 6.54. The second kappa shape index (κ2) is 7.78. The number of nitrogens with one attached hydrogen (secondary N) is 1. The van der Waals surface area contributed by atoms with Gasteiger partial charge >= 0.3 is 0 Å². The van der Waals surface area contributed by atoms with Gasteiger partial charge in [0, 0.05) is 11.3 Å². The van der Waals surface area contributed by atoms with Crippen LogP contribution in [-0.4, -0.2) is 15.9 Å². The zero-order valence-corrected chi connectivity index (χ0v) is 17.1. The van der Waals surface area contributed by atoms with Gasteiger partial charge in [-0.3, -0.25) is 4.79 Å². The Labute approximate surface area is 179 Å². The van der Waals surface area contributed by atoms with Crippen molar-refractivity contribution in [1.82, 2.24) is 9.97 Å². The van der Waals surface area contributed by atoms with Gasteiger partial charge in [-0.1, -0.05) is 12.1 Å². The van der Waals surface area contributed by atoms with Crippen LogP contribution in [0.15, 0.2) is 77.5 Å². The van der Waals surface area contributed by atoms with E-state index in [2.05, 4.69) is 5.32 Å². The third-order valence-corrected chi connectivity index (χ3v) is 6.29. The van der Waals surface area contributed by atoms with Crippen LogP contribution in [0.1, 0.15) is 10.4 Å². The van der Waals surface area contributed by atoms with Gasteiger partial charge in [-0.25, -0.2) is 14.4 Å². The van der Waals surface area contributed by atoms with E-state index in [1.54, 1.807) is 40.9 Å². The first-order valence-corrected chi connectivity index (χ1v) is 10.9. The number of halogens is 1. The molecule has 0 spiro atoms. The van der Waals surface area contributed by atoms with Gasteiger partial charge in [-0.2, -0.15) is 0 Å². The van der Waals surface area contributed by atoms with Gasteiger partial charge in [-0.05, 0) is 65.4 Å². The molecule has 0 saturated carbocycles. The lowest BCUT2D eigenvalue weighted by Crippen LogP contribution is -2.12. The molecule has 3 heterocycles. The topological polar surface area (TPSA) is 54.9 Å². The van der Waals surface area contributed by atoms with E-state index < -0.39 is 0 Å². The molecule has 30 heavy (non-hydrogen) atoms. The van der Waals surface area contributed by atoms with Crippen molar-refractivity contribution in [3.63, 3.8) is 0 Å². The fourth-order valence-electron chi connectivity index (χ4n) is 3.10. The minimum absolute atomic E-state index is 0.287. The number of carbonyl (C=O) groups is 1. The van der Waals surface area contributed by atoms with Gasteiger partial charge in [0.1, 0.15) is 17.2 Å². The average Bonchev–Trinajstić information content (AvgIpc) is 3.48. The molecule has 2 aromatic carbocycles. The van der Waals surface area contributed by atoms with Crippen LogP contribution in [0.2, 0.25) is 0 Å². The number of amides is 1. The van der Waals surface area contributed by atoms with Crippen molar-refractivity contribution >= 4 is 45.3 Å². The average molecular weight is 432 g/mol. The van der Waals surface area contributed by atoms with E-state index in [1.165, 1.54) is 24.3 Å². The number of hydrogen-bond acceptors (Lipinski definition) is 5. The quantitative estimate of drug-likeness (QED) is 0.354. The van der Waals surface area contributed by atoms with E-state index in [1.807, 2.05) is 35.0 Å². The Morgan fingerprint density at radius 2 is 1.43 bits per heavy atom. The van der Waals surface area contributed by atoms with Crippen molar-refractivity contribution < 1.29 is 9.18 Å². The highest BCUT2D eigenvalue weighted by molar-refractivity contribution is 7.14. The Hall–Kier alpha value is -3.42. The van der Waals surface area contributed by atoms with Crippen LogP contribution in [-0.2, 0) is 0 Å². The van der Waals surface area contributed by atoms with E-state index >= 15 is 0 Å². The van der Waals surface area contributed by atoms with Crippen molar-refractivity contribution in [2.45, 2.75) is 0 Å². The molecule has 1 N–H and O–H groups in total. The molecule has 5 rings (SSSR count). The Morgan fingerprint density at radius 3 is 2.03 bits per heavy atom. The monoisotopic (exact) mass is 431 g/mol. The zero-order valence-electron chi connectivity index (χ0n) is 15.5.